The van der Waals surface area contributed by atoms with E-state index < -0.39 is 17.8 Å². The zero-order valence-corrected chi connectivity index (χ0v) is 19.1. The number of rotatable bonds is 7. The molecule has 2 aromatic rings. The summed E-state index contributed by atoms with van der Waals surface area (Å²) in [6.45, 7) is 3.84. The van der Waals surface area contributed by atoms with Crippen molar-refractivity contribution in [1.82, 2.24) is 15.6 Å². The molecule has 8 nitrogen and oxygen atoms in total. The molecule has 1 aliphatic carbocycles. The minimum atomic E-state index is -4.51. The van der Waals surface area contributed by atoms with Crippen molar-refractivity contribution in [3.63, 3.8) is 0 Å². The number of ether oxygens (including phenoxy) is 2. The molecule has 3 amide bonds. The maximum absolute atomic E-state index is 12.9. The summed E-state index contributed by atoms with van der Waals surface area (Å²) in [6, 6.07) is 6.55. The zero-order valence-electron chi connectivity index (χ0n) is 19.1. The second-order valence-electron chi connectivity index (χ2n) is 8.00. The predicted molar refractivity (Wildman–Crippen MR) is 125 cm³/mol. The molecule has 188 valence electrons. The third kappa shape index (κ3) is 5.51. The van der Waals surface area contributed by atoms with Crippen molar-refractivity contribution in [3.05, 3.63) is 90.0 Å². The molecule has 0 bridgehead atoms. The molecule has 1 aromatic carbocycles. The molecule has 36 heavy (non-hydrogen) atoms. The number of nitrogens with zero attached hydrogens (tertiary/aromatic N) is 1. The van der Waals surface area contributed by atoms with E-state index in [4.69, 9.17) is 9.47 Å². The number of halogens is 3. The van der Waals surface area contributed by atoms with E-state index in [2.05, 4.69) is 27.5 Å². The van der Waals surface area contributed by atoms with E-state index in [9.17, 15) is 22.8 Å². The second kappa shape index (κ2) is 10.1. The van der Waals surface area contributed by atoms with Gasteiger partial charge in [-0.25, -0.2) is 4.79 Å². The highest BCUT2D eigenvalue weighted by Gasteiger charge is 2.61. The molecule has 0 radical (unpaired) electrons. The number of amides is 3. The van der Waals surface area contributed by atoms with Crippen LogP contribution in [0.15, 0.2) is 78.7 Å². The molecule has 3 N–H and O–H groups in total. The van der Waals surface area contributed by atoms with Crippen LogP contribution in [0.4, 0.5) is 23.7 Å². The Bertz CT molecular complexity index is 1240. The molecule has 2 heterocycles. The van der Waals surface area contributed by atoms with Crippen molar-refractivity contribution in [1.29, 1.82) is 0 Å². The molecule has 0 spiro atoms. The van der Waals surface area contributed by atoms with Gasteiger partial charge in [-0.15, -0.1) is 0 Å². The van der Waals surface area contributed by atoms with Gasteiger partial charge in [-0.1, -0.05) is 18.7 Å². The highest BCUT2D eigenvalue weighted by molar-refractivity contribution is 5.92. The average Bonchev–Trinajstić information content (AvgIpc) is 3.37. The Labute approximate surface area is 204 Å². The summed E-state index contributed by atoms with van der Waals surface area (Å²) < 4.78 is 50.4. The van der Waals surface area contributed by atoms with Crippen LogP contribution in [0.1, 0.15) is 16.1 Å². The smallest absolute Gasteiger partial charge is 0.416 e. The van der Waals surface area contributed by atoms with Gasteiger partial charge >= 0.3 is 12.2 Å². The summed E-state index contributed by atoms with van der Waals surface area (Å²) in [5, 5.41) is 7.67. The van der Waals surface area contributed by atoms with Crippen LogP contribution in [-0.4, -0.2) is 42.7 Å². The lowest BCUT2D eigenvalue weighted by Gasteiger charge is -2.14. The van der Waals surface area contributed by atoms with Crippen molar-refractivity contribution in [2.45, 2.75) is 18.3 Å². The van der Waals surface area contributed by atoms with Crippen LogP contribution in [0.25, 0.3) is 0 Å². The summed E-state index contributed by atoms with van der Waals surface area (Å²) in [7, 11) is 1.51. The van der Waals surface area contributed by atoms with Gasteiger partial charge in [0.2, 0.25) is 0 Å². The lowest BCUT2D eigenvalue weighted by Crippen LogP contribution is -2.34. The van der Waals surface area contributed by atoms with Crippen molar-refractivity contribution in [3.8, 4) is 5.75 Å². The number of anilines is 1. The monoisotopic (exact) mass is 500 g/mol. The molecule has 1 saturated heterocycles. The van der Waals surface area contributed by atoms with Crippen LogP contribution in [0, 0.1) is 5.92 Å². The Morgan fingerprint density at radius 2 is 2.06 bits per heavy atom. The van der Waals surface area contributed by atoms with Gasteiger partial charge in [-0.3, -0.25) is 9.78 Å². The van der Waals surface area contributed by atoms with Crippen LogP contribution in [-0.2, 0) is 10.9 Å². The zero-order chi connectivity index (χ0) is 25.9. The number of aromatic nitrogens is 1. The third-order valence-electron chi connectivity index (χ3n) is 5.62. The fourth-order valence-electron chi connectivity index (χ4n) is 3.90. The molecule has 2 fully saturated rings. The Kier molecular flexibility index (Phi) is 7.00. The molecule has 11 heteroatoms. The van der Waals surface area contributed by atoms with Gasteiger partial charge in [0.25, 0.3) is 5.91 Å². The number of fused-ring (bicyclic) bond motifs is 1. The van der Waals surface area contributed by atoms with Gasteiger partial charge in [0.1, 0.15) is 29.9 Å². The fourth-order valence-corrected chi connectivity index (χ4v) is 3.90. The van der Waals surface area contributed by atoms with Crippen molar-refractivity contribution < 1.29 is 32.2 Å². The fraction of sp³-hybridized carbons (Fsp3) is 0.240. The Morgan fingerprint density at radius 3 is 2.78 bits per heavy atom. The first-order valence-electron chi connectivity index (χ1n) is 11.0. The van der Waals surface area contributed by atoms with Gasteiger partial charge in [-0.2, -0.15) is 13.2 Å². The number of hydrogen-bond acceptors (Lipinski definition) is 5. The van der Waals surface area contributed by atoms with E-state index in [-0.39, 0.29) is 42.0 Å². The summed E-state index contributed by atoms with van der Waals surface area (Å²) >= 11 is 0. The van der Waals surface area contributed by atoms with E-state index in [1.165, 1.54) is 31.4 Å². The number of urea groups is 1. The van der Waals surface area contributed by atoms with Gasteiger partial charge in [0, 0.05) is 30.6 Å². The molecular weight excluding hydrogens is 477 g/mol. The van der Waals surface area contributed by atoms with E-state index in [1.807, 2.05) is 6.08 Å². The molecule has 1 aliphatic heterocycles. The number of carbonyl (C=O) groups excluding carboxylic acids is 2. The summed E-state index contributed by atoms with van der Waals surface area (Å²) in [5.74, 6) is 0.570. The lowest BCUT2D eigenvalue weighted by atomic mass is 10.1. The lowest BCUT2D eigenvalue weighted by molar-refractivity contribution is -0.137. The van der Waals surface area contributed by atoms with Crippen LogP contribution in [0.3, 0.4) is 0 Å². The Morgan fingerprint density at radius 1 is 1.25 bits per heavy atom. The minimum Gasteiger partial charge on any atom is -0.489 e. The van der Waals surface area contributed by atoms with Gasteiger partial charge in [0.15, 0.2) is 0 Å². The number of benzene rings is 1. The molecule has 4 rings (SSSR count). The molecule has 3 atom stereocenters. The highest BCUT2D eigenvalue weighted by Crippen LogP contribution is 2.51. The van der Waals surface area contributed by atoms with Crippen molar-refractivity contribution in [2.24, 2.45) is 5.92 Å². The molecule has 1 aromatic heterocycles. The van der Waals surface area contributed by atoms with Crippen molar-refractivity contribution in [2.75, 3.05) is 19.0 Å². The van der Waals surface area contributed by atoms with Gasteiger partial charge in [-0.05, 0) is 36.4 Å². The van der Waals surface area contributed by atoms with E-state index in [0.29, 0.717) is 11.5 Å². The van der Waals surface area contributed by atoms with Crippen LogP contribution >= 0.6 is 0 Å². The largest absolute Gasteiger partial charge is 0.489 e. The summed E-state index contributed by atoms with van der Waals surface area (Å²) in [6.07, 6.45) is 1.74. The van der Waals surface area contributed by atoms with Crippen LogP contribution < -0.4 is 20.7 Å². The normalized spacial score (nSPS) is 22.4. The second-order valence-corrected chi connectivity index (χ2v) is 8.00. The highest BCUT2D eigenvalue weighted by atomic mass is 19.4. The topological polar surface area (TPSA) is 102 Å². The number of nitrogens with one attached hydrogen (secondary N) is 3. The standard InChI is InChI=1S/C25H23F3N4O4/c1-3-5-19-17(9-11-35-16-8-10-30-18(13-16)23(33)29-2)20-21(22(20)36-19)32-24(34)31-15-7-4-6-14(12-15)25(26,27)28/h3-10,12-13,20-22H,1,11H2,2H3,(H,29,33)(H2,31,32,34)/b17-9+,19-5+/t20-,21+,22-/m0/s1. The third-order valence-corrected chi connectivity index (χ3v) is 5.62. The summed E-state index contributed by atoms with van der Waals surface area (Å²) in [5.41, 5.74) is 0.203. The van der Waals surface area contributed by atoms with E-state index >= 15 is 0 Å². The Hall–Kier alpha value is -4.28. The first kappa shape index (κ1) is 24.8. The van der Waals surface area contributed by atoms with Crippen LogP contribution in [0.2, 0.25) is 0 Å². The molecule has 2 aliphatic rings. The number of hydrogen-bond donors (Lipinski definition) is 3. The minimum absolute atomic E-state index is 0.0268. The first-order valence-corrected chi connectivity index (χ1v) is 11.0. The molecule has 1 saturated carbocycles. The number of alkyl halides is 3. The Balaban J connectivity index is 1.38. The average molecular weight is 500 g/mol. The van der Waals surface area contributed by atoms with Crippen LogP contribution in [0.5, 0.6) is 5.75 Å². The van der Waals surface area contributed by atoms with Crippen molar-refractivity contribution >= 4 is 17.6 Å². The number of carbonyl (C=O) groups is 2. The predicted octanol–water partition coefficient (Wildman–Crippen LogP) is 4.05. The van der Waals surface area contributed by atoms with E-state index in [1.54, 1.807) is 18.2 Å². The molecular formula is C25H23F3N4O4. The van der Waals surface area contributed by atoms with Gasteiger partial charge < -0.3 is 25.4 Å². The number of allylic oxidation sites excluding steroid dienone is 3. The molecule has 0 unspecified atom stereocenters. The summed E-state index contributed by atoms with van der Waals surface area (Å²) in [4.78, 5) is 28.1. The maximum Gasteiger partial charge on any atom is 0.416 e. The SMILES string of the molecule is C=C/C=C1/O[C@@H]2[C@H](NC(=O)Nc3cccc(C(F)(F)F)c3)[C@@H]2/C1=C/COc1ccnc(C(=O)NC)c1. The maximum atomic E-state index is 12.9. The van der Waals surface area contributed by atoms with Gasteiger partial charge in [0.05, 0.1) is 17.5 Å². The first-order chi connectivity index (χ1) is 17.2. The number of pyridine rings is 1. The van der Waals surface area contributed by atoms with E-state index in [0.717, 1.165) is 17.7 Å². The quantitative estimate of drug-likeness (QED) is 0.533.